The lowest BCUT2D eigenvalue weighted by Crippen LogP contribution is -2.43. The van der Waals surface area contributed by atoms with Crippen molar-refractivity contribution in [2.75, 3.05) is 43.5 Å². The summed E-state index contributed by atoms with van der Waals surface area (Å²) in [6.07, 6.45) is 1.42. The number of ether oxygens (including phenoxy) is 3. The van der Waals surface area contributed by atoms with Crippen LogP contribution in [-0.2, 0) is 14.3 Å². The van der Waals surface area contributed by atoms with Gasteiger partial charge < -0.3 is 29.7 Å². The number of hydrogen-bond acceptors (Lipinski definition) is 8. The number of likely N-dealkylation sites (tertiary alicyclic amines) is 1. The van der Waals surface area contributed by atoms with Crippen molar-refractivity contribution in [1.82, 2.24) is 4.90 Å². The van der Waals surface area contributed by atoms with Crippen LogP contribution in [-0.4, -0.2) is 60.6 Å². The van der Waals surface area contributed by atoms with Crippen LogP contribution in [0.15, 0.2) is 42.5 Å². The van der Waals surface area contributed by atoms with Gasteiger partial charge in [0.05, 0.1) is 30.1 Å². The van der Waals surface area contributed by atoms with E-state index < -0.39 is 29.3 Å². The summed E-state index contributed by atoms with van der Waals surface area (Å²) < 4.78 is 16.1. The molecule has 12 heteroatoms. The van der Waals surface area contributed by atoms with Gasteiger partial charge in [-0.05, 0) is 25.0 Å². The van der Waals surface area contributed by atoms with Crippen LogP contribution in [0.25, 0.3) is 0 Å². The second-order valence-electron chi connectivity index (χ2n) is 8.34. The molecular formula is C24H26N4O8. The van der Waals surface area contributed by atoms with Crippen molar-refractivity contribution in [3.63, 3.8) is 0 Å². The summed E-state index contributed by atoms with van der Waals surface area (Å²) in [6.45, 7) is 0.881. The molecule has 2 heterocycles. The van der Waals surface area contributed by atoms with Gasteiger partial charge in [-0.15, -0.1) is 0 Å². The molecule has 190 valence electrons. The molecule has 4 rings (SSSR count). The topological polar surface area (TPSA) is 149 Å². The van der Waals surface area contributed by atoms with Crippen LogP contribution in [0.4, 0.5) is 21.9 Å². The minimum Gasteiger partial charge on any atom is -0.489 e. The number of carbonyl (C=O) groups excluding carboxylic acids is 3. The fourth-order valence-corrected chi connectivity index (χ4v) is 3.93. The average molecular weight is 498 g/mol. The van der Waals surface area contributed by atoms with E-state index in [1.165, 1.54) is 12.1 Å². The van der Waals surface area contributed by atoms with E-state index >= 15 is 0 Å². The maximum Gasteiger partial charge on any atom is 0.321 e. The molecule has 3 amide bonds. The minimum absolute atomic E-state index is 0.0805. The smallest absolute Gasteiger partial charge is 0.321 e. The van der Waals surface area contributed by atoms with Crippen molar-refractivity contribution >= 4 is 35.0 Å². The number of anilines is 2. The van der Waals surface area contributed by atoms with E-state index in [1.807, 2.05) is 18.2 Å². The predicted octanol–water partition coefficient (Wildman–Crippen LogP) is 3.18. The Balaban J connectivity index is 1.26. The third kappa shape index (κ3) is 6.20. The van der Waals surface area contributed by atoms with Gasteiger partial charge in [0, 0.05) is 31.3 Å². The molecular weight excluding hydrogens is 472 g/mol. The number of nitro groups is 1. The number of amides is 3. The Bertz CT molecular complexity index is 1130. The van der Waals surface area contributed by atoms with Crippen molar-refractivity contribution < 1.29 is 33.5 Å². The van der Waals surface area contributed by atoms with Gasteiger partial charge in [0.1, 0.15) is 5.69 Å². The Kier molecular flexibility index (Phi) is 7.83. The van der Waals surface area contributed by atoms with Gasteiger partial charge in [0.25, 0.3) is 11.6 Å². The fourth-order valence-electron chi connectivity index (χ4n) is 3.93. The highest BCUT2D eigenvalue weighted by atomic mass is 16.6. The second kappa shape index (κ2) is 11.4. The van der Waals surface area contributed by atoms with Crippen LogP contribution < -0.4 is 20.1 Å². The summed E-state index contributed by atoms with van der Waals surface area (Å²) in [5.74, 6) is -1.21. The Hall–Kier alpha value is -4.35. The van der Waals surface area contributed by atoms with Gasteiger partial charge in [0.2, 0.25) is 0 Å². The molecule has 1 saturated heterocycles. The van der Waals surface area contributed by atoms with Gasteiger partial charge in [-0.25, -0.2) is 4.79 Å². The van der Waals surface area contributed by atoms with Crippen molar-refractivity contribution in [2.24, 2.45) is 5.92 Å². The number of fused-ring (bicyclic) bond motifs is 1. The number of piperidine rings is 1. The third-order valence-electron chi connectivity index (χ3n) is 5.82. The van der Waals surface area contributed by atoms with Crippen molar-refractivity contribution in [2.45, 2.75) is 19.3 Å². The lowest BCUT2D eigenvalue weighted by Gasteiger charge is -2.30. The minimum atomic E-state index is -0.722. The lowest BCUT2D eigenvalue weighted by molar-refractivity contribution is -0.384. The molecule has 1 fully saturated rings. The van der Waals surface area contributed by atoms with E-state index in [4.69, 9.17) is 14.2 Å². The number of para-hydroxylation sites is 1. The Labute approximate surface area is 206 Å². The molecule has 0 radical (unpaired) electrons. The van der Waals surface area contributed by atoms with Crippen molar-refractivity contribution in [3.8, 4) is 11.5 Å². The van der Waals surface area contributed by atoms with Crippen LogP contribution in [0.2, 0.25) is 0 Å². The SMILES string of the molecule is O=C(COC(=O)C1CCN(C(=O)Nc2ccccc2)CC1)Nc1cc2c(cc1[N+](=O)[O-])OCCCO2. The number of nitrogens with one attached hydrogen (secondary N) is 2. The number of nitrogens with zero attached hydrogens (tertiary/aromatic N) is 2. The summed E-state index contributed by atoms with van der Waals surface area (Å²) in [7, 11) is 0. The quantitative estimate of drug-likeness (QED) is 0.350. The van der Waals surface area contributed by atoms with Crippen LogP contribution in [0, 0.1) is 16.0 Å². The molecule has 2 aliphatic rings. The summed E-state index contributed by atoms with van der Waals surface area (Å²) in [4.78, 5) is 49.7. The van der Waals surface area contributed by atoms with Crippen LogP contribution in [0.5, 0.6) is 11.5 Å². The number of esters is 1. The zero-order valence-corrected chi connectivity index (χ0v) is 19.4. The number of hydrogen-bond donors (Lipinski definition) is 2. The number of urea groups is 1. The van der Waals surface area contributed by atoms with Gasteiger partial charge in [-0.3, -0.25) is 19.7 Å². The van der Waals surface area contributed by atoms with Gasteiger partial charge in [0.15, 0.2) is 18.1 Å². The number of rotatable bonds is 6. The molecule has 2 aromatic rings. The zero-order valence-electron chi connectivity index (χ0n) is 19.4. The van der Waals surface area contributed by atoms with Gasteiger partial charge in [-0.2, -0.15) is 0 Å². The molecule has 0 bridgehead atoms. The van der Waals surface area contributed by atoms with E-state index in [1.54, 1.807) is 17.0 Å². The molecule has 0 aromatic heterocycles. The first-order valence-electron chi connectivity index (χ1n) is 11.6. The number of nitro benzene ring substituents is 1. The maximum atomic E-state index is 12.5. The van der Waals surface area contributed by atoms with Crippen molar-refractivity contribution in [1.29, 1.82) is 0 Å². The van der Waals surface area contributed by atoms with Crippen LogP contribution in [0.1, 0.15) is 19.3 Å². The first-order chi connectivity index (χ1) is 17.4. The molecule has 2 aliphatic heterocycles. The Morgan fingerprint density at radius 2 is 1.69 bits per heavy atom. The molecule has 2 N–H and O–H groups in total. The summed E-state index contributed by atoms with van der Waals surface area (Å²) in [5, 5.41) is 16.7. The molecule has 0 aliphatic carbocycles. The average Bonchev–Trinajstić information content (AvgIpc) is 3.12. The highest BCUT2D eigenvalue weighted by Crippen LogP contribution is 2.39. The van der Waals surface area contributed by atoms with Crippen LogP contribution in [0.3, 0.4) is 0 Å². The number of benzene rings is 2. The van der Waals surface area contributed by atoms with Crippen LogP contribution >= 0.6 is 0 Å². The highest BCUT2D eigenvalue weighted by molar-refractivity contribution is 5.95. The number of carbonyl (C=O) groups is 3. The van der Waals surface area contributed by atoms with E-state index in [0.717, 1.165) is 0 Å². The monoisotopic (exact) mass is 498 g/mol. The molecule has 12 nitrogen and oxygen atoms in total. The Morgan fingerprint density at radius 3 is 2.36 bits per heavy atom. The van der Waals surface area contributed by atoms with E-state index in [9.17, 15) is 24.5 Å². The first kappa shape index (κ1) is 24.8. The molecule has 0 spiro atoms. The molecule has 2 aromatic carbocycles. The van der Waals surface area contributed by atoms with Gasteiger partial charge in [-0.1, -0.05) is 18.2 Å². The normalized spacial score (nSPS) is 15.4. The van der Waals surface area contributed by atoms with Crippen molar-refractivity contribution in [3.05, 3.63) is 52.6 Å². The maximum absolute atomic E-state index is 12.5. The summed E-state index contributed by atoms with van der Waals surface area (Å²) in [5.41, 5.74) is 0.243. The van der Waals surface area contributed by atoms with E-state index in [2.05, 4.69) is 10.6 Å². The van der Waals surface area contributed by atoms with E-state index in [0.29, 0.717) is 51.3 Å². The molecule has 0 saturated carbocycles. The molecule has 0 unspecified atom stereocenters. The summed E-state index contributed by atoms with van der Waals surface area (Å²) >= 11 is 0. The summed E-state index contributed by atoms with van der Waals surface area (Å²) in [6, 6.07) is 11.3. The first-order valence-corrected chi connectivity index (χ1v) is 11.6. The second-order valence-corrected chi connectivity index (χ2v) is 8.34. The highest BCUT2D eigenvalue weighted by Gasteiger charge is 2.29. The predicted molar refractivity (Wildman–Crippen MR) is 128 cm³/mol. The molecule has 0 atom stereocenters. The lowest BCUT2D eigenvalue weighted by atomic mass is 9.97. The van der Waals surface area contributed by atoms with E-state index in [-0.39, 0.29) is 28.9 Å². The Morgan fingerprint density at radius 1 is 1.03 bits per heavy atom. The standard InChI is InChI=1S/C24H26N4O8/c29-22(26-18-13-20-21(14-19(18)28(32)33)35-12-4-11-34-20)15-36-23(30)16-7-9-27(10-8-16)24(31)25-17-5-2-1-3-6-17/h1-3,5-6,13-14,16H,4,7-12,15H2,(H,25,31)(H,26,29). The third-order valence-corrected chi connectivity index (χ3v) is 5.82. The molecule has 36 heavy (non-hydrogen) atoms. The fraction of sp³-hybridized carbons (Fsp3) is 0.375. The van der Waals surface area contributed by atoms with Gasteiger partial charge >= 0.3 is 12.0 Å². The largest absolute Gasteiger partial charge is 0.489 e. The zero-order chi connectivity index (χ0) is 25.5.